The smallest absolute Gasteiger partial charge is 0.216 e. The molecule has 0 amide bonds. The second-order valence-corrected chi connectivity index (χ2v) is 8.14. The second-order valence-electron chi connectivity index (χ2n) is 5.92. The Kier molecular flexibility index (Phi) is 2.96. The molecule has 0 bridgehead atoms. The fraction of sp³-hybridized carbons (Fsp3) is 1.00. The number of rotatable bonds is 2. The molecule has 17 heavy (non-hydrogen) atoms. The minimum absolute atomic E-state index is 0.0572. The summed E-state index contributed by atoms with van der Waals surface area (Å²) in [6, 6.07) is 0. The van der Waals surface area contributed by atoms with Crippen LogP contribution in [0.4, 0.5) is 0 Å². The van der Waals surface area contributed by atoms with Crippen molar-refractivity contribution in [1.29, 1.82) is 0 Å². The molecule has 3 aliphatic rings. The standard InChI is InChI=1S/C12H22N2O2S/c15-17(16,11-2-1-3-11)14-8-5-12(6-9-14)4-7-13-10-12/h11,13H,1-10H2. The zero-order valence-corrected chi connectivity index (χ0v) is 11.1. The normalized spacial score (nSPS) is 30.6. The summed E-state index contributed by atoms with van der Waals surface area (Å²) in [5.74, 6) is 0. The molecule has 0 radical (unpaired) electrons. The summed E-state index contributed by atoms with van der Waals surface area (Å²) in [7, 11) is -2.96. The lowest BCUT2D eigenvalue weighted by Gasteiger charge is -2.40. The number of nitrogens with zero attached hydrogens (tertiary/aromatic N) is 1. The van der Waals surface area contributed by atoms with Crippen molar-refractivity contribution >= 4 is 10.0 Å². The first-order valence-electron chi connectivity index (χ1n) is 6.82. The Hall–Kier alpha value is -0.130. The van der Waals surface area contributed by atoms with E-state index in [1.54, 1.807) is 4.31 Å². The maximum absolute atomic E-state index is 12.3. The quantitative estimate of drug-likeness (QED) is 0.802. The first kappa shape index (κ1) is 11.9. The maximum Gasteiger partial charge on any atom is 0.216 e. The Morgan fingerprint density at radius 1 is 1.12 bits per heavy atom. The van der Waals surface area contributed by atoms with Crippen molar-refractivity contribution in [3.63, 3.8) is 0 Å². The lowest BCUT2D eigenvalue weighted by Crippen LogP contribution is -2.48. The molecule has 0 aromatic heterocycles. The van der Waals surface area contributed by atoms with Crippen LogP contribution in [0.1, 0.15) is 38.5 Å². The lowest BCUT2D eigenvalue weighted by atomic mass is 9.78. The third kappa shape index (κ3) is 2.02. The van der Waals surface area contributed by atoms with Gasteiger partial charge >= 0.3 is 0 Å². The van der Waals surface area contributed by atoms with Crippen molar-refractivity contribution in [2.24, 2.45) is 5.41 Å². The molecule has 1 spiro atoms. The Bertz CT molecular complexity index is 373. The fourth-order valence-corrected chi connectivity index (χ4v) is 5.36. The van der Waals surface area contributed by atoms with Gasteiger partial charge in [-0.15, -0.1) is 0 Å². The highest BCUT2D eigenvalue weighted by atomic mass is 32.2. The molecule has 4 nitrogen and oxygen atoms in total. The van der Waals surface area contributed by atoms with E-state index >= 15 is 0 Å². The molecule has 0 aromatic carbocycles. The monoisotopic (exact) mass is 258 g/mol. The Morgan fingerprint density at radius 2 is 1.82 bits per heavy atom. The summed E-state index contributed by atoms with van der Waals surface area (Å²) >= 11 is 0. The summed E-state index contributed by atoms with van der Waals surface area (Å²) in [5.41, 5.74) is 0.408. The molecular formula is C12H22N2O2S. The zero-order chi connectivity index (χ0) is 11.9. The summed E-state index contributed by atoms with van der Waals surface area (Å²) in [5, 5.41) is 3.36. The highest BCUT2D eigenvalue weighted by Crippen LogP contribution is 2.39. The summed E-state index contributed by atoms with van der Waals surface area (Å²) < 4.78 is 26.3. The third-order valence-corrected chi connectivity index (χ3v) is 7.35. The van der Waals surface area contributed by atoms with Gasteiger partial charge in [0.25, 0.3) is 0 Å². The second kappa shape index (κ2) is 4.21. The highest BCUT2D eigenvalue weighted by Gasteiger charge is 2.42. The molecule has 0 aromatic rings. The zero-order valence-electron chi connectivity index (χ0n) is 10.3. The molecular weight excluding hydrogens is 236 g/mol. The number of hydrogen-bond donors (Lipinski definition) is 1. The number of piperidine rings is 1. The lowest BCUT2D eigenvalue weighted by molar-refractivity contribution is 0.173. The highest BCUT2D eigenvalue weighted by molar-refractivity contribution is 7.89. The van der Waals surface area contributed by atoms with Crippen molar-refractivity contribution in [2.75, 3.05) is 26.2 Å². The Morgan fingerprint density at radius 3 is 2.29 bits per heavy atom. The molecule has 1 N–H and O–H groups in total. The molecule has 3 fully saturated rings. The van der Waals surface area contributed by atoms with E-state index in [9.17, 15) is 8.42 Å². The summed E-state index contributed by atoms with van der Waals surface area (Å²) in [4.78, 5) is 0. The molecule has 2 heterocycles. The van der Waals surface area contributed by atoms with E-state index in [4.69, 9.17) is 0 Å². The molecule has 5 heteroatoms. The van der Waals surface area contributed by atoms with Gasteiger partial charge in [0.05, 0.1) is 5.25 Å². The SMILES string of the molecule is O=S(=O)(C1CCC1)N1CCC2(CCNC2)CC1. The van der Waals surface area contributed by atoms with Crippen LogP contribution in [0.5, 0.6) is 0 Å². The van der Waals surface area contributed by atoms with Crippen LogP contribution in [0.15, 0.2) is 0 Å². The van der Waals surface area contributed by atoms with Gasteiger partial charge < -0.3 is 5.32 Å². The van der Waals surface area contributed by atoms with E-state index in [0.29, 0.717) is 5.41 Å². The molecule has 3 rings (SSSR count). The molecule has 98 valence electrons. The molecule has 2 saturated heterocycles. The third-order valence-electron chi connectivity index (χ3n) is 4.95. The molecule has 0 unspecified atom stereocenters. The topological polar surface area (TPSA) is 49.4 Å². The van der Waals surface area contributed by atoms with E-state index in [-0.39, 0.29) is 5.25 Å². The largest absolute Gasteiger partial charge is 0.316 e. The van der Waals surface area contributed by atoms with Crippen molar-refractivity contribution in [3.05, 3.63) is 0 Å². The van der Waals surface area contributed by atoms with E-state index in [2.05, 4.69) is 5.32 Å². The average molecular weight is 258 g/mol. The van der Waals surface area contributed by atoms with Crippen LogP contribution < -0.4 is 5.32 Å². The van der Waals surface area contributed by atoms with E-state index in [1.807, 2.05) is 0 Å². The van der Waals surface area contributed by atoms with Gasteiger partial charge in [0.1, 0.15) is 0 Å². The van der Waals surface area contributed by atoms with Gasteiger partial charge in [-0.25, -0.2) is 12.7 Å². The van der Waals surface area contributed by atoms with Gasteiger partial charge in [-0.1, -0.05) is 6.42 Å². The van der Waals surface area contributed by atoms with E-state index < -0.39 is 10.0 Å². The van der Waals surface area contributed by atoms with Crippen LogP contribution >= 0.6 is 0 Å². The molecule has 1 saturated carbocycles. The predicted molar refractivity (Wildman–Crippen MR) is 67.3 cm³/mol. The minimum Gasteiger partial charge on any atom is -0.316 e. The minimum atomic E-state index is -2.96. The Labute approximate surface area is 104 Å². The van der Waals surface area contributed by atoms with Crippen molar-refractivity contribution in [2.45, 2.75) is 43.8 Å². The number of hydrogen-bond acceptors (Lipinski definition) is 3. The van der Waals surface area contributed by atoms with Crippen molar-refractivity contribution in [3.8, 4) is 0 Å². The fourth-order valence-electron chi connectivity index (χ4n) is 3.32. The number of nitrogens with one attached hydrogen (secondary N) is 1. The van der Waals surface area contributed by atoms with Crippen LogP contribution in [0.3, 0.4) is 0 Å². The average Bonchev–Trinajstić information content (AvgIpc) is 2.64. The summed E-state index contributed by atoms with van der Waals surface area (Å²) in [6.45, 7) is 3.70. The van der Waals surface area contributed by atoms with Crippen molar-refractivity contribution < 1.29 is 8.42 Å². The molecule has 1 aliphatic carbocycles. The molecule has 2 aliphatic heterocycles. The van der Waals surface area contributed by atoms with Gasteiger partial charge in [0.2, 0.25) is 10.0 Å². The maximum atomic E-state index is 12.3. The predicted octanol–water partition coefficient (Wildman–Crippen LogP) is 0.944. The first-order valence-corrected chi connectivity index (χ1v) is 8.33. The van der Waals surface area contributed by atoms with Crippen LogP contribution in [0, 0.1) is 5.41 Å². The van der Waals surface area contributed by atoms with Crippen LogP contribution in [-0.2, 0) is 10.0 Å². The Balaban J connectivity index is 1.64. The van der Waals surface area contributed by atoms with Crippen LogP contribution in [-0.4, -0.2) is 44.2 Å². The van der Waals surface area contributed by atoms with Crippen molar-refractivity contribution in [1.82, 2.24) is 9.62 Å². The van der Waals surface area contributed by atoms with E-state index in [0.717, 1.165) is 58.3 Å². The first-order chi connectivity index (χ1) is 8.12. The van der Waals surface area contributed by atoms with Gasteiger partial charge in [-0.3, -0.25) is 0 Å². The summed E-state index contributed by atoms with van der Waals surface area (Å²) in [6.07, 6.45) is 6.17. The van der Waals surface area contributed by atoms with E-state index in [1.165, 1.54) is 6.42 Å². The van der Waals surface area contributed by atoms with Crippen LogP contribution in [0.25, 0.3) is 0 Å². The molecule has 0 atom stereocenters. The van der Waals surface area contributed by atoms with Gasteiger partial charge in [-0.2, -0.15) is 0 Å². The van der Waals surface area contributed by atoms with Crippen LogP contribution in [0.2, 0.25) is 0 Å². The van der Waals surface area contributed by atoms with Gasteiger partial charge in [0, 0.05) is 19.6 Å². The van der Waals surface area contributed by atoms with Gasteiger partial charge in [0.15, 0.2) is 0 Å². The number of sulfonamides is 1. The van der Waals surface area contributed by atoms with Gasteiger partial charge in [-0.05, 0) is 44.1 Å².